The van der Waals surface area contributed by atoms with Gasteiger partial charge in [-0.05, 0) is 37.1 Å². The molecule has 1 aliphatic heterocycles. The molecule has 0 radical (unpaired) electrons. The van der Waals surface area contributed by atoms with Gasteiger partial charge in [0.15, 0.2) is 0 Å². The highest BCUT2D eigenvalue weighted by Crippen LogP contribution is 2.21. The molecule has 1 aromatic heterocycles. The first-order chi connectivity index (χ1) is 10.2. The first-order valence-electron chi connectivity index (χ1n) is 7.28. The summed E-state index contributed by atoms with van der Waals surface area (Å²) >= 11 is 0. The van der Waals surface area contributed by atoms with Crippen molar-refractivity contribution in [2.45, 2.75) is 31.7 Å². The van der Waals surface area contributed by atoms with Crippen LogP contribution in [0.15, 0.2) is 30.5 Å². The largest absolute Gasteiger partial charge is 0.480 e. The molecule has 1 saturated heterocycles. The van der Waals surface area contributed by atoms with E-state index < -0.39 is 12.0 Å². The summed E-state index contributed by atoms with van der Waals surface area (Å²) in [6.45, 7) is 0.515. The van der Waals surface area contributed by atoms with Gasteiger partial charge in [0, 0.05) is 29.2 Å². The number of carbonyl (C=O) groups is 2. The lowest BCUT2D eigenvalue weighted by atomic mass is 10.1. The van der Waals surface area contributed by atoms with Crippen LogP contribution in [0, 0.1) is 0 Å². The average molecular weight is 286 g/mol. The van der Waals surface area contributed by atoms with Crippen LogP contribution in [-0.4, -0.2) is 39.5 Å². The van der Waals surface area contributed by atoms with Crippen molar-refractivity contribution in [2.24, 2.45) is 0 Å². The highest BCUT2D eigenvalue weighted by molar-refractivity contribution is 5.99. The second-order valence-electron chi connectivity index (χ2n) is 5.48. The number of aromatic nitrogens is 1. The molecule has 5 nitrogen and oxygen atoms in total. The van der Waals surface area contributed by atoms with Crippen LogP contribution in [0.4, 0.5) is 0 Å². The highest BCUT2D eigenvalue weighted by atomic mass is 16.4. The smallest absolute Gasteiger partial charge is 0.326 e. The predicted octanol–water partition coefficient (Wildman–Crippen LogP) is 2.64. The number of nitrogens with zero attached hydrogens (tertiary/aromatic N) is 1. The van der Waals surface area contributed by atoms with E-state index in [0.717, 1.165) is 30.2 Å². The van der Waals surface area contributed by atoms with Crippen molar-refractivity contribution in [3.05, 3.63) is 36.0 Å². The van der Waals surface area contributed by atoms with Gasteiger partial charge in [-0.1, -0.05) is 12.8 Å². The Hall–Kier alpha value is -2.30. The quantitative estimate of drug-likeness (QED) is 0.891. The van der Waals surface area contributed by atoms with E-state index in [1.807, 2.05) is 24.4 Å². The number of benzene rings is 1. The predicted molar refractivity (Wildman–Crippen MR) is 79.2 cm³/mol. The summed E-state index contributed by atoms with van der Waals surface area (Å²) in [6.07, 6.45) is 5.06. The maximum atomic E-state index is 12.7. The fraction of sp³-hybridized carbons (Fsp3) is 0.375. The number of amides is 1. The number of aromatic amines is 1. The molecule has 2 heterocycles. The summed E-state index contributed by atoms with van der Waals surface area (Å²) in [5.41, 5.74) is 1.52. The summed E-state index contributed by atoms with van der Waals surface area (Å²) in [5, 5.41) is 10.3. The minimum atomic E-state index is -0.909. The van der Waals surface area contributed by atoms with E-state index in [-0.39, 0.29) is 5.91 Å². The Morgan fingerprint density at radius 3 is 2.86 bits per heavy atom. The van der Waals surface area contributed by atoms with Crippen molar-refractivity contribution in [3.8, 4) is 0 Å². The molecule has 21 heavy (non-hydrogen) atoms. The van der Waals surface area contributed by atoms with E-state index in [0.29, 0.717) is 18.5 Å². The molecule has 0 saturated carbocycles. The topological polar surface area (TPSA) is 73.4 Å². The molecule has 1 amide bonds. The molecule has 5 heteroatoms. The van der Waals surface area contributed by atoms with Gasteiger partial charge >= 0.3 is 5.97 Å². The summed E-state index contributed by atoms with van der Waals surface area (Å²) in [7, 11) is 0. The van der Waals surface area contributed by atoms with Crippen molar-refractivity contribution >= 4 is 22.8 Å². The normalized spacial score (nSPS) is 19.4. The summed E-state index contributed by atoms with van der Waals surface area (Å²) < 4.78 is 0. The molecule has 2 N–H and O–H groups in total. The number of H-pyrrole nitrogens is 1. The second kappa shape index (κ2) is 5.60. The number of rotatable bonds is 2. The van der Waals surface area contributed by atoms with Crippen LogP contribution in [0.2, 0.25) is 0 Å². The number of carboxylic acids is 1. The van der Waals surface area contributed by atoms with E-state index in [1.165, 1.54) is 4.90 Å². The van der Waals surface area contributed by atoms with Crippen LogP contribution in [0.5, 0.6) is 0 Å². The highest BCUT2D eigenvalue weighted by Gasteiger charge is 2.31. The Kier molecular flexibility index (Phi) is 3.64. The molecule has 1 unspecified atom stereocenters. The second-order valence-corrected chi connectivity index (χ2v) is 5.48. The summed E-state index contributed by atoms with van der Waals surface area (Å²) in [4.78, 5) is 28.7. The summed E-state index contributed by atoms with van der Waals surface area (Å²) in [6, 6.07) is 6.63. The number of carbonyl (C=O) groups excluding carboxylic acids is 1. The number of aliphatic carboxylic acids is 1. The number of hydrogen-bond acceptors (Lipinski definition) is 2. The lowest BCUT2D eigenvalue weighted by molar-refractivity contribution is -0.142. The zero-order chi connectivity index (χ0) is 14.8. The lowest BCUT2D eigenvalue weighted by Crippen LogP contribution is -2.44. The van der Waals surface area contributed by atoms with E-state index in [9.17, 15) is 14.7 Å². The van der Waals surface area contributed by atoms with Crippen LogP contribution in [0.1, 0.15) is 36.0 Å². The van der Waals surface area contributed by atoms with Crippen molar-refractivity contribution < 1.29 is 14.7 Å². The first kappa shape index (κ1) is 13.7. The molecule has 1 atom stereocenters. The SMILES string of the molecule is O=C(O)C1CCCCCN1C(=O)c1ccc2[nH]ccc2c1. The van der Waals surface area contributed by atoms with Crippen molar-refractivity contribution in [2.75, 3.05) is 6.54 Å². The number of hydrogen-bond donors (Lipinski definition) is 2. The van der Waals surface area contributed by atoms with Gasteiger partial charge in [-0.3, -0.25) is 4.79 Å². The third kappa shape index (κ3) is 2.63. The van der Waals surface area contributed by atoms with Crippen LogP contribution < -0.4 is 0 Å². The van der Waals surface area contributed by atoms with Gasteiger partial charge in [0.25, 0.3) is 5.91 Å². The van der Waals surface area contributed by atoms with Crippen molar-refractivity contribution in [1.29, 1.82) is 0 Å². The molecule has 0 bridgehead atoms. The van der Waals surface area contributed by atoms with Gasteiger partial charge in [-0.2, -0.15) is 0 Å². The molecule has 2 aromatic rings. The van der Waals surface area contributed by atoms with Gasteiger partial charge in [0.2, 0.25) is 0 Å². The molecule has 3 rings (SSSR count). The summed E-state index contributed by atoms with van der Waals surface area (Å²) in [5.74, 6) is -1.10. The minimum absolute atomic E-state index is 0.188. The van der Waals surface area contributed by atoms with E-state index in [2.05, 4.69) is 4.98 Å². The van der Waals surface area contributed by atoms with Gasteiger partial charge in [0.1, 0.15) is 6.04 Å². The molecular formula is C16H18N2O3. The van der Waals surface area contributed by atoms with Gasteiger partial charge in [0.05, 0.1) is 0 Å². The third-order valence-electron chi connectivity index (χ3n) is 4.10. The van der Waals surface area contributed by atoms with Crippen LogP contribution >= 0.6 is 0 Å². The molecule has 0 aliphatic carbocycles. The van der Waals surface area contributed by atoms with E-state index in [4.69, 9.17) is 0 Å². The number of fused-ring (bicyclic) bond motifs is 1. The van der Waals surface area contributed by atoms with Gasteiger partial charge < -0.3 is 15.0 Å². The Bertz CT molecular complexity index is 677. The van der Waals surface area contributed by atoms with Crippen LogP contribution in [0.25, 0.3) is 10.9 Å². The number of likely N-dealkylation sites (tertiary alicyclic amines) is 1. The van der Waals surface area contributed by atoms with Gasteiger partial charge in [-0.15, -0.1) is 0 Å². The van der Waals surface area contributed by atoms with Crippen molar-refractivity contribution in [1.82, 2.24) is 9.88 Å². The Labute approximate surface area is 122 Å². The van der Waals surface area contributed by atoms with Crippen LogP contribution in [0.3, 0.4) is 0 Å². The fourth-order valence-corrected chi connectivity index (χ4v) is 2.96. The number of carboxylic acid groups (broad SMARTS) is 1. The standard InChI is InChI=1S/C16H18N2O3/c19-15(12-5-6-13-11(10-12)7-8-17-13)18-9-3-1-2-4-14(18)16(20)21/h5-8,10,14,17H,1-4,9H2,(H,20,21). The molecule has 0 spiro atoms. The fourth-order valence-electron chi connectivity index (χ4n) is 2.96. The average Bonchev–Trinajstić information content (AvgIpc) is 2.80. The molecule has 1 fully saturated rings. The van der Waals surface area contributed by atoms with Crippen LogP contribution in [-0.2, 0) is 4.79 Å². The Morgan fingerprint density at radius 2 is 2.05 bits per heavy atom. The van der Waals surface area contributed by atoms with Gasteiger partial charge in [-0.25, -0.2) is 4.79 Å². The Balaban J connectivity index is 1.92. The zero-order valence-electron chi connectivity index (χ0n) is 11.7. The maximum Gasteiger partial charge on any atom is 0.326 e. The van der Waals surface area contributed by atoms with E-state index in [1.54, 1.807) is 6.07 Å². The first-order valence-corrected chi connectivity index (χ1v) is 7.28. The minimum Gasteiger partial charge on any atom is -0.480 e. The van der Waals surface area contributed by atoms with E-state index >= 15 is 0 Å². The molecular weight excluding hydrogens is 268 g/mol. The van der Waals surface area contributed by atoms with Crippen molar-refractivity contribution in [3.63, 3.8) is 0 Å². The Morgan fingerprint density at radius 1 is 1.19 bits per heavy atom. The number of nitrogens with one attached hydrogen (secondary N) is 1. The molecule has 1 aliphatic rings. The monoisotopic (exact) mass is 286 g/mol. The molecule has 1 aromatic carbocycles. The lowest BCUT2D eigenvalue weighted by Gasteiger charge is -2.27. The third-order valence-corrected chi connectivity index (χ3v) is 4.10. The maximum absolute atomic E-state index is 12.7. The molecule has 110 valence electrons. The zero-order valence-corrected chi connectivity index (χ0v) is 11.7.